The van der Waals surface area contributed by atoms with E-state index in [1.807, 2.05) is 6.92 Å². The molecule has 1 aliphatic carbocycles. The Morgan fingerprint density at radius 3 is 2.58 bits per heavy atom. The molecule has 3 heteroatoms. The van der Waals surface area contributed by atoms with Crippen LogP contribution in [-0.2, 0) is 19.4 Å². The van der Waals surface area contributed by atoms with Gasteiger partial charge in [-0.1, -0.05) is 26.2 Å². The Hall–Kier alpha value is -0.830. The van der Waals surface area contributed by atoms with Crippen LogP contribution in [0, 0.1) is 5.92 Å². The fraction of sp³-hybridized carbons (Fsp3) is 0.812. The van der Waals surface area contributed by atoms with Crippen LogP contribution in [-0.4, -0.2) is 20.5 Å². The third-order valence-electron chi connectivity index (χ3n) is 4.60. The van der Waals surface area contributed by atoms with Crippen LogP contribution in [0.3, 0.4) is 0 Å². The molecule has 1 saturated carbocycles. The van der Waals surface area contributed by atoms with Gasteiger partial charge in [0.25, 0.3) is 0 Å². The van der Waals surface area contributed by atoms with Crippen molar-refractivity contribution in [3.63, 3.8) is 0 Å². The summed E-state index contributed by atoms with van der Waals surface area (Å²) in [5, 5.41) is 15.4. The van der Waals surface area contributed by atoms with Crippen LogP contribution in [0.5, 0.6) is 0 Å². The molecule has 1 unspecified atom stereocenters. The fourth-order valence-electron chi connectivity index (χ4n) is 3.34. The Morgan fingerprint density at radius 2 is 2.00 bits per heavy atom. The standard InChI is InChI=1S/C16H28N2O/c1-4-14-11-15(18(5-2)17-14)12-16(3,19)13-9-7-6-8-10-13/h11,13,19H,4-10,12H2,1-3H3. The van der Waals surface area contributed by atoms with Crippen molar-refractivity contribution in [2.45, 2.75) is 77.9 Å². The van der Waals surface area contributed by atoms with Gasteiger partial charge in [-0.2, -0.15) is 5.10 Å². The van der Waals surface area contributed by atoms with Crippen molar-refractivity contribution in [1.29, 1.82) is 0 Å². The van der Waals surface area contributed by atoms with Gasteiger partial charge in [0.1, 0.15) is 0 Å². The molecule has 2 rings (SSSR count). The van der Waals surface area contributed by atoms with Crippen molar-refractivity contribution in [3.8, 4) is 0 Å². The van der Waals surface area contributed by atoms with Crippen molar-refractivity contribution in [1.82, 2.24) is 9.78 Å². The van der Waals surface area contributed by atoms with E-state index in [1.165, 1.54) is 37.8 Å². The molecule has 0 radical (unpaired) electrons. The first-order valence-electron chi connectivity index (χ1n) is 7.84. The van der Waals surface area contributed by atoms with E-state index in [2.05, 4.69) is 29.7 Å². The maximum absolute atomic E-state index is 10.9. The van der Waals surface area contributed by atoms with Gasteiger partial charge in [0.05, 0.1) is 11.3 Å². The zero-order chi connectivity index (χ0) is 13.9. The van der Waals surface area contributed by atoms with Crippen molar-refractivity contribution >= 4 is 0 Å². The highest BCUT2D eigenvalue weighted by molar-refractivity contribution is 5.13. The van der Waals surface area contributed by atoms with Gasteiger partial charge in [0.2, 0.25) is 0 Å². The van der Waals surface area contributed by atoms with Crippen molar-refractivity contribution in [3.05, 3.63) is 17.5 Å². The average Bonchev–Trinajstić information content (AvgIpc) is 2.81. The summed E-state index contributed by atoms with van der Waals surface area (Å²) in [7, 11) is 0. The monoisotopic (exact) mass is 264 g/mol. The number of aromatic nitrogens is 2. The van der Waals surface area contributed by atoms with E-state index in [0.29, 0.717) is 5.92 Å². The molecular formula is C16H28N2O. The lowest BCUT2D eigenvalue weighted by Gasteiger charge is -2.35. The van der Waals surface area contributed by atoms with Crippen LogP contribution in [0.2, 0.25) is 0 Å². The van der Waals surface area contributed by atoms with Gasteiger partial charge in [-0.15, -0.1) is 0 Å². The summed E-state index contributed by atoms with van der Waals surface area (Å²) in [6.45, 7) is 7.15. The molecule has 1 aliphatic rings. The van der Waals surface area contributed by atoms with Crippen LogP contribution >= 0.6 is 0 Å². The Labute approximate surface area is 117 Å². The molecule has 0 bridgehead atoms. The van der Waals surface area contributed by atoms with Crippen LogP contribution in [0.15, 0.2) is 6.07 Å². The predicted molar refractivity (Wildman–Crippen MR) is 78.2 cm³/mol. The van der Waals surface area contributed by atoms with Crippen LogP contribution in [0.25, 0.3) is 0 Å². The van der Waals surface area contributed by atoms with E-state index in [0.717, 1.165) is 25.1 Å². The Bertz CT molecular complexity index is 403. The maximum Gasteiger partial charge on any atom is 0.0702 e. The van der Waals surface area contributed by atoms with Gasteiger partial charge < -0.3 is 5.11 Å². The minimum absolute atomic E-state index is 0.450. The molecule has 0 spiro atoms. The minimum atomic E-state index is -0.585. The number of aliphatic hydroxyl groups is 1. The Morgan fingerprint density at radius 1 is 1.32 bits per heavy atom. The van der Waals surface area contributed by atoms with Crippen LogP contribution in [0.1, 0.15) is 64.3 Å². The normalized spacial score (nSPS) is 20.4. The molecule has 3 nitrogen and oxygen atoms in total. The third kappa shape index (κ3) is 3.38. The third-order valence-corrected chi connectivity index (χ3v) is 4.60. The second-order valence-electron chi connectivity index (χ2n) is 6.17. The quantitative estimate of drug-likeness (QED) is 0.885. The van der Waals surface area contributed by atoms with E-state index in [4.69, 9.17) is 0 Å². The highest BCUT2D eigenvalue weighted by Crippen LogP contribution is 2.34. The second-order valence-corrected chi connectivity index (χ2v) is 6.17. The summed E-state index contributed by atoms with van der Waals surface area (Å²) in [5.74, 6) is 0.450. The van der Waals surface area contributed by atoms with Crippen molar-refractivity contribution < 1.29 is 5.11 Å². The molecule has 1 fully saturated rings. The number of aryl methyl sites for hydroxylation is 2. The topological polar surface area (TPSA) is 38.0 Å². The fourth-order valence-corrected chi connectivity index (χ4v) is 3.34. The van der Waals surface area contributed by atoms with Gasteiger partial charge in [0.15, 0.2) is 0 Å². The average molecular weight is 264 g/mol. The van der Waals surface area contributed by atoms with Crippen molar-refractivity contribution in [2.24, 2.45) is 5.92 Å². The summed E-state index contributed by atoms with van der Waals surface area (Å²) < 4.78 is 2.05. The van der Waals surface area contributed by atoms with Gasteiger partial charge in [0, 0.05) is 18.7 Å². The van der Waals surface area contributed by atoms with Gasteiger partial charge in [-0.3, -0.25) is 4.68 Å². The van der Waals surface area contributed by atoms with Crippen LogP contribution in [0.4, 0.5) is 0 Å². The minimum Gasteiger partial charge on any atom is -0.389 e. The molecule has 0 aliphatic heterocycles. The highest BCUT2D eigenvalue weighted by atomic mass is 16.3. The lowest BCUT2D eigenvalue weighted by molar-refractivity contribution is -0.0174. The van der Waals surface area contributed by atoms with E-state index in [-0.39, 0.29) is 0 Å². The number of nitrogens with zero attached hydrogens (tertiary/aromatic N) is 2. The SMILES string of the molecule is CCc1cc(CC(C)(O)C2CCCCC2)n(CC)n1. The molecule has 1 atom stereocenters. The molecular weight excluding hydrogens is 236 g/mol. The Balaban J connectivity index is 2.11. The van der Waals surface area contributed by atoms with Gasteiger partial charge >= 0.3 is 0 Å². The summed E-state index contributed by atoms with van der Waals surface area (Å²) >= 11 is 0. The van der Waals surface area contributed by atoms with E-state index < -0.39 is 5.60 Å². The number of hydrogen-bond acceptors (Lipinski definition) is 2. The number of rotatable bonds is 5. The molecule has 0 saturated heterocycles. The lowest BCUT2D eigenvalue weighted by Crippen LogP contribution is -2.38. The molecule has 0 amide bonds. The maximum atomic E-state index is 10.9. The second kappa shape index (κ2) is 6.08. The largest absolute Gasteiger partial charge is 0.389 e. The summed E-state index contributed by atoms with van der Waals surface area (Å²) in [6.07, 6.45) is 7.92. The van der Waals surface area contributed by atoms with Gasteiger partial charge in [-0.25, -0.2) is 0 Å². The lowest BCUT2D eigenvalue weighted by atomic mass is 9.76. The van der Waals surface area contributed by atoms with E-state index in [1.54, 1.807) is 0 Å². The molecule has 0 aromatic carbocycles. The molecule has 1 aromatic rings. The first-order chi connectivity index (χ1) is 9.06. The smallest absolute Gasteiger partial charge is 0.0702 e. The predicted octanol–water partition coefficient (Wildman–Crippen LogP) is 3.34. The zero-order valence-electron chi connectivity index (χ0n) is 12.7. The molecule has 108 valence electrons. The molecule has 1 heterocycles. The summed E-state index contributed by atoms with van der Waals surface area (Å²) in [6, 6.07) is 2.17. The van der Waals surface area contributed by atoms with Crippen LogP contribution < -0.4 is 0 Å². The highest BCUT2D eigenvalue weighted by Gasteiger charge is 2.33. The molecule has 19 heavy (non-hydrogen) atoms. The zero-order valence-corrected chi connectivity index (χ0v) is 12.7. The molecule has 1 aromatic heterocycles. The molecule has 1 N–H and O–H groups in total. The van der Waals surface area contributed by atoms with Crippen molar-refractivity contribution in [2.75, 3.05) is 0 Å². The first-order valence-corrected chi connectivity index (χ1v) is 7.84. The van der Waals surface area contributed by atoms with E-state index in [9.17, 15) is 5.11 Å². The summed E-state index contributed by atoms with van der Waals surface area (Å²) in [5.41, 5.74) is 1.74. The Kier molecular flexibility index (Phi) is 4.67. The van der Waals surface area contributed by atoms with E-state index >= 15 is 0 Å². The van der Waals surface area contributed by atoms with Gasteiger partial charge in [-0.05, 0) is 45.1 Å². The first kappa shape index (κ1) is 14.6. The number of hydrogen-bond donors (Lipinski definition) is 1. The summed E-state index contributed by atoms with van der Waals surface area (Å²) in [4.78, 5) is 0.